The molecule has 1 heterocycles. The Morgan fingerprint density at radius 2 is 1.59 bits per heavy atom. The van der Waals surface area contributed by atoms with E-state index in [1.807, 2.05) is 30.3 Å². The summed E-state index contributed by atoms with van der Waals surface area (Å²) in [5.41, 5.74) is 2.28. The molecule has 0 bridgehead atoms. The van der Waals surface area contributed by atoms with E-state index >= 15 is 0 Å². The highest BCUT2D eigenvalue weighted by Crippen LogP contribution is 2.22. The van der Waals surface area contributed by atoms with Crippen molar-refractivity contribution in [2.24, 2.45) is 0 Å². The van der Waals surface area contributed by atoms with Crippen LogP contribution in [-0.4, -0.2) is 58.0 Å². The van der Waals surface area contributed by atoms with Crippen LogP contribution in [0.25, 0.3) is 0 Å². The van der Waals surface area contributed by atoms with Gasteiger partial charge in [0.2, 0.25) is 10.0 Å². The van der Waals surface area contributed by atoms with E-state index in [0.717, 1.165) is 43.7 Å². The van der Waals surface area contributed by atoms with Gasteiger partial charge in [0.25, 0.3) is 0 Å². The van der Waals surface area contributed by atoms with Crippen molar-refractivity contribution >= 4 is 10.0 Å². The lowest BCUT2D eigenvalue weighted by Gasteiger charge is -2.38. The first kappa shape index (κ1) is 20.0. The molecule has 1 unspecified atom stereocenters. The molecule has 1 aliphatic rings. The van der Waals surface area contributed by atoms with E-state index in [-0.39, 0.29) is 6.04 Å². The maximum absolute atomic E-state index is 12.8. The largest absolute Gasteiger partial charge is 0.304 e. The van der Waals surface area contributed by atoms with Crippen molar-refractivity contribution in [1.29, 1.82) is 0 Å². The second kappa shape index (κ2) is 8.97. The molecule has 0 aliphatic carbocycles. The molecular weight excluding hydrogens is 358 g/mol. The Morgan fingerprint density at radius 3 is 2.19 bits per heavy atom. The van der Waals surface area contributed by atoms with Crippen molar-refractivity contribution in [3.63, 3.8) is 0 Å². The molecule has 0 aromatic heterocycles. The lowest BCUT2D eigenvalue weighted by molar-refractivity contribution is 0.113. The van der Waals surface area contributed by atoms with E-state index in [0.29, 0.717) is 11.4 Å². The number of benzene rings is 2. The number of likely N-dealkylation sites (N-methyl/N-ethyl adjacent to an activating group) is 1. The van der Waals surface area contributed by atoms with Gasteiger partial charge >= 0.3 is 0 Å². The average molecular weight is 388 g/mol. The summed E-state index contributed by atoms with van der Waals surface area (Å²) in [6, 6.07) is 17.3. The summed E-state index contributed by atoms with van der Waals surface area (Å²) in [6.45, 7) is 6.28. The van der Waals surface area contributed by atoms with Crippen molar-refractivity contribution in [3.05, 3.63) is 65.7 Å². The topological polar surface area (TPSA) is 52.7 Å². The first-order valence-electron chi connectivity index (χ1n) is 9.56. The number of sulfonamides is 1. The van der Waals surface area contributed by atoms with Gasteiger partial charge in [0.1, 0.15) is 0 Å². The second-order valence-corrected chi connectivity index (χ2v) is 8.88. The van der Waals surface area contributed by atoms with Gasteiger partial charge in [0.05, 0.1) is 4.90 Å². The van der Waals surface area contributed by atoms with Gasteiger partial charge in [-0.05, 0) is 36.7 Å². The molecule has 2 aromatic carbocycles. The van der Waals surface area contributed by atoms with Gasteiger partial charge in [-0.1, -0.05) is 49.4 Å². The van der Waals surface area contributed by atoms with Gasteiger partial charge in [-0.2, -0.15) is 0 Å². The molecule has 1 aliphatic heterocycles. The van der Waals surface area contributed by atoms with Gasteiger partial charge in [0.15, 0.2) is 0 Å². The fourth-order valence-corrected chi connectivity index (χ4v) is 4.48. The molecule has 0 amide bonds. The minimum atomic E-state index is -3.52. The van der Waals surface area contributed by atoms with E-state index in [1.165, 1.54) is 0 Å². The summed E-state index contributed by atoms with van der Waals surface area (Å²) in [6.07, 6.45) is 0.896. The maximum Gasteiger partial charge on any atom is 0.240 e. The summed E-state index contributed by atoms with van der Waals surface area (Å²) >= 11 is 0. The standard InChI is InChI=1S/C21H29N3O2S/c1-3-18-9-11-20(12-10-18)27(25,26)22-17-21(19-7-5-4-6-8-19)24-15-13-23(2)14-16-24/h4-12,21-22H,3,13-17H2,1-2H3. The van der Waals surface area contributed by atoms with Gasteiger partial charge in [0, 0.05) is 38.8 Å². The predicted octanol–water partition coefficient (Wildman–Crippen LogP) is 2.52. The molecule has 27 heavy (non-hydrogen) atoms. The minimum Gasteiger partial charge on any atom is -0.304 e. The molecule has 3 rings (SSSR count). The molecular formula is C21H29N3O2S. The Bertz CT molecular complexity index is 814. The third-order valence-corrected chi connectivity index (χ3v) is 6.71. The number of piperazine rings is 1. The van der Waals surface area contributed by atoms with Crippen molar-refractivity contribution < 1.29 is 8.42 Å². The lowest BCUT2D eigenvalue weighted by Crippen LogP contribution is -2.48. The van der Waals surface area contributed by atoms with Crippen LogP contribution >= 0.6 is 0 Å². The van der Waals surface area contributed by atoms with Crippen LogP contribution in [0.2, 0.25) is 0 Å². The number of rotatable bonds is 7. The maximum atomic E-state index is 12.8. The third kappa shape index (κ3) is 5.17. The van der Waals surface area contributed by atoms with E-state index < -0.39 is 10.0 Å². The number of nitrogens with zero attached hydrogens (tertiary/aromatic N) is 2. The normalized spacial score (nSPS) is 17.7. The zero-order valence-corrected chi connectivity index (χ0v) is 17.0. The van der Waals surface area contributed by atoms with Crippen LogP contribution < -0.4 is 4.72 Å². The molecule has 2 aromatic rings. The Hall–Kier alpha value is -1.73. The number of hydrogen-bond acceptors (Lipinski definition) is 4. The van der Waals surface area contributed by atoms with E-state index in [2.05, 4.69) is 40.6 Å². The summed E-state index contributed by atoms with van der Waals surface area (Å²) in [4.78, 5) is 5.00. The molecule has 1 N–H and O–H groups in total. The number of hydrogen-bond donors (Lipinski definition) is 1. The van der Waals surface area contributed by atoms with Gasteiger partial charge < -0.3 is 4.90 Å². The predicted molar refractivity (Wildman–Crippen MR) is 109 cm³/mol. The molecule has 1 atom stereocenters. The molecule has 1 fully saturated rings. The Kier molecular flexibility index (Phi) is 6.65. The Morgan fingerprint density at radius 1 is 0.963 bits per heavy atom. The summed E-state index contributed by atoms with van der Waals surface area (Å²) in [5.74, 6) is 0. The molecule has 0 saturated carbocycles. The smallest absolute Gasteiger partial charge is 0.240 e. The highest BCUT2D eigenvalue weighted by atomic mass is 32.2. The minimum absolute atomic E-state index is 0.0320. The second-order valence-electron chi connectivity index (χ2n) is 7.12. The highest BCUT2D eigenvalue weighted by molar-refractivity contribution is 7.89. The fraction of sp³-hybridized carbons (Fsp3) is 0.429. The lowest BCUT2D eigenvalue weighted by atomic mass is 10.0. The first-order chi connectivity index (χ1) is 13.0. The van der Waals surface area contributed by atoms with Gasteiger partial charge in [-0.3, -0.25) is 4.90 Å². The SMILES string of the molecule is CCc1ccc(S(=O)(=O)NCC(c2ccccc2)N2CCN(C)CC2)cc1. The molecule has 0 spiro atoms. The summed E-state index contributed by atoms with van der Waals surface area (Å²) in [7, 11) is -1.40. The third-order valence-electron chi connectivity index (χ3n) is 5.27. The van der Waals surface area contributed by atoms with E-state index in [9.17, 15) is 8.42 Å². The van der Waals surface area contributed by atoms with Crippen LogP contribution in [0.1, 0.15) is 24.1 Å². The zero-order valence-electron chi connectivity index (χ0n) is 16.1. The highest BCUT2D eigenvalue weighted by Gasteiger charge is 2.25. The Labute approximate surface area is 163 Å². The zero-order chi connectivity index (χ0) is 19.3. The average Bonchev–Trinajstić information content (AvgIpc) is 2.70. The van der Waals surface area contributed by atoms with Crippen LogP contribution in [0.5, 0.6) is 0 Å². The Balaban J connectivity index is 1.75. The van der Waals surface area contributed by atoms with Crippen LogP contribution in [-0.2, 0) is 16.4 Å². The molecule has 146 valence electrons. The van der Waals surface area contributed by atoms with Crippen molar-refractivity contribution in [3.8, 4) is 0 Å². The van der Waals surface area contributed by atoms with Crippen LogP contribution in [0, 0.1) is 0 Å². The first-order valence-corrected chi connectivity index (χ1v) is 11.0. The van der Waals surface area contributed by atoms with Gasteiger partial charge in [-0.15, -0.1) is 0 Å². The van der Waals surface area contributed by atoms with Crippen LogP contribution in [0.4, 0.5) is 0 Å². The summed E-state index contributed by atoms with van der Waals surface area (Å²) < 4.78 is 28.4. The van der Waals surface area contributed by atoms with E-state index in [4.69, 9.17) is 0 Å². The van der Waals surface area contributed by atoms with E-state index in [1.54, 1.807) is 12.1 Å². The van der Waals surface area contributed by atoms with Crippen LogP contribution in [0.3, 0.4) is 0 Å². The molecule has 0 radical (unpaired) electrons. The molecule has 1 saturated heterocycles. The van der Waals surface area contributed by atoms with Crippen molar-refractivity contribution in [2.75, 3.05) is 39.8 Å². The monoisotopic (exact) mass is 387 g/mol. The molecule has 6 heteroatoms. The van der Waals surface area contributed by atoms with Crippen LogP contribution in [0.15, 0.2) is 59.5 Å². The van der Waals surface area contributed by atoms with Gasteiger partial charge in [-0.25, -0.2) is 13.1 Å². The molecule has 5 nitrogen and oxygen atoms in total. The quantitative estimate of drug-likeness (QED) is 0.793. The van der Waals surface area contributed by atoms with Crippen molar-refractivity contribution in [1.82, 2.24) is 14.5 Å². The number of nitrogens with one attached hydrogen (secondary N) is 1. The summed E-state index contributed by atoms with van der Waals surface area (Å²) in [5, 5.41) is 0. The fourth-order valence-electron chi connectivity index (χ4n) is 3.44. The van der Waals surface area contributed by atoms with Crippen molar-refractivity contribution in [2.45, 2.75) is 24.3 Å². The number of aryl methyl sites for hydroxylation is 1.